The zero-order valence-electron chi connectivity index (χ0n) is 24.8. The number of para-hydroxylation sites is 2. The molecule has 0 bridgehead atoms. The molecule has 2 atom stereocenters. The van der Waals surface area contributed by atoms with Gasteiger partial charge in [0.2, 0.25) is 5.91 Å². The lowest BCUT2D eigenvalue weighted by Crippen LogP contribution is -2.49. The van der Waals surface area contributed by atoms with E-state index in [2.05, 4.69) is 20.1 Å². The van der Waals surface area contributed by atoms with Crippen LogP contribution in [0, 0.1) is 10.1 Å². The summed E-state index contributed by atoms with van der Waals surface area (Å²) >= 11 is 1.15. The summed E-state index contributed by atoms with van der Waals surface area (Å²) in [6.07, 6.45) is 4.77. The van der Waals surface area contributed by atoms with Gasteiger partial charge in [-0.15, -0.1) is 0 Å². The maximum absolute atomic E-state index is 13.6. The quantitative estimate of drug-likeness (QED) is 0.100. The maximum Gasteiger partial charge on any atom is 0.325 e. The molecule has 3 aromatic rings. The molecular formula is C31H36N8O5S. The van der Waals surface area contributed by atoms with Crippen LogP contribution in [0.25, 0.3) is 10.9 Å². The summed E-state index contributed by atoms with van der Waals surface area (Å²) in [5, 5.41) is 15.7. The van der Waals surface area contributed by atoms with Crippen LogP contribution < -0.4 is 11.1 Å². The topological polar surface area (TPSA) is 170 Å². The molecule has 0 radical (unpaired) electrons. The number of nitrogens with two attached hydrogens (primary N) is 1. The monoisotopic (exact) mass is 632 g/mol. The highest BCUT2D eigenvalue weighted by Crippen LogP contribution is 2.39. The number of hydrogen-bond acceptors (Lipinski definition) is 7. The van der Waals surface area contributed by atoms with Crippen LogP contribution in [0.4, 0.5) is 10.5 Å². The average Bonchev–Trinajstić information content (AvgIpc) is 3.84. The van der Waals surface area contributed by atoms with Gasteiger partial charge in [0, 0.05) is 56.1 Å². The number of fused-ring (bicyclic) bond motifs is 1. The molecule has 13 nitrogen and oxygen atoms in total. The first kappa shape index (κ1) is 30.4. The Hall–Kier alpha value is -4.59. The number of hydrogen-bond donors (Lipinski definition) is 3. The van der Waals surface area contributed by atoms with Crippen LogP contribution in [0.2, 0.25) is 0 Å². The van der Waals surface area contributed by atoms with E-state index in [4.69, 9.17) is 10.7 Å². The number of H-pyrrole nitrogens is 1. The number of benzene rings is 2. The molecule has 3 saturated heterocycles. The fourth-order valence-electron chi connectivity index (χ4n) is 6.35. The number of urea groups is 1. The first-order valence-corrected chi connectivity index (χ1v) is 16.1. The highest BCUT2D eigenvalue weighted by atomic mass is 32.2. The molecule has 236 valence electrons. The van der Waals surface area contributed by atoms with Crippen LogP contribution in [0.15, 0.2) is 63.4 Å². The lowest BCUT2D eigenvalue weighted by molar-refractivity contribution is -0.387. The molecule has 2 aromatic carbocycles. The number of carbonyl (C=O) groups is 3. The lowest BCUT2D eigenvalue weighted by Gasteiger charge is -2.28. The molecule has 0 aliphatic carbocycles. The Morgan fingerprint density at radius 3 is 2.33 bits per heavy atom. The first-order valence-electron chi connectivity index (χ1n) is 15.3. The van der Waals surface area contributed by atoms with Crippen molar-refractivity contribution in [3.8, 4) is 0 Å². The lowest BCUT2D eigenvalue weighted by atomic mass is 10.0. The van der Waals surface area contributed by atoms with Crippen molar-refractivity contribution in [2.75, 3.05) is 32.7 Å². The summed E-state index contributed by atoms with van der Waals surface area (Å²) in [5.74, 6) is -0.373. The van der Waals surface area contributed by atoms with Gasteiger partial charge >= 0.3 is 6.03 Å². The standard InChI is InChI=1S/C31H36N8O5S/c32-27(40)25(19-21-20-9-1-2-10-22(20)34-28(21)45-26-12-4-3-11-24(26)39(43)44)38-29(41)23(35-31(38)42)13-14-33-30(36-15-5-6-16-36)37-17-7-8-18-37/h1-4,9-12,23,25,34H,5-8,13-19H2,(H2,32,40)(H,35,42)/t23-,25-/m0/s1. The average molecular weight is 633 g/mol. The van der Waals surface area contributed by atoms with Crippen LogP contribution in [0.3, 0.4) is 0 Å². The summed E-state index contributed by atoms with van der Waals surface area (Å²) in [6.45, 7) is 4.22. The molecule has 6 rings (SSSR count). The van der Waals surface area contributed by atoms with Gasteiger partial charge in [-0.3, -0.25) is 24.7 Å². The van der Waals surface area contributed by atoms with Crippen LogP contribution in [0.1, 0.15) is 37.7 Å². The largest absolute Gasteiger partial charge is 0.368 e. The van der Waals surface area contributed by atoms with E-state index >= 15 is 0 Å². The molecule has 4 heterocycles. The number of rotatable bonds is 10. The summed E-state index contributed by atoms with van der Waals surface area (Å²) in [4.78, 5) is 65.0. The van der Waals surface area contributed by atoms with E-state index < -0.39 is 34.9 Å². The normalized spacial score (nSPS) is 18.9. The Balaban J connectivity index is 1.22. The van der Waals surface area contributed by atoms with Crippen LogP contribution >= 0.6 is 11.8 Å². The van der Waals surface area contributed by atoms with Crippen molar-refractivity contribution < 1.29 is 19.3 Å². The number of aromatic amines is 1. The van der Waals surface area contributed by atoms with Crippen molar-refractivity contribution in [2.45, 2.75) is 60.5 Å². The summed E-state index contributed by atoms with van der Waals surface area (Å²) in [5.41, 5.74) is 7.16. The third kappa shape index (κ3) is 6.32. The molecule has 14 heteroatoms. The predicted molar refractivity (Wildman–Crippen MR) is 170 cm³/mol. The number of amides is 4. The fraction of sp³-hybridized carbons (Fsp3) is 0.419. The Morgan fingerprint density at radius 2 is 1.67 bits per heavy atom. The van der Waals surface area contributed by atoms with Crippen molar-refractivity contribution in [2.24, 2.45) is 10.7 Å². The van der Waals surface area contributed by atoms with Gasteiger partial charge < -0.3 is 25.8 Å². The van der Waals surface area contributed by atoms with Gasteiger partial charge in [0.05, 0.1) is 14.8 Å². The Morgan fingerprint density at radius 1 is 1.02 bits per heavy atom. The second-order valence-corrected chi connectivity index (χ2v) is 12.5. The number of nitrogens with zero attached hydrogens (tertiary/aromatic N) is 5. The van der Waals surface area contributed by atoms with Crippen molar-refractivity contribution in [3.63, 3.8) is 0 Å². The molecule has 3 fully saturated rings. The van der Waals surface area contributed by atoms with E-state index in [1.54, 1.807) is 18.2 Å². The van der Waals surface area contributed by atoms with Gasteiger partial charge in [-0.2, -0.15) is 0 Å². The molecule has 3 aliphatic rings. The summed E-state index contributed by atoms with van der Waals surface area (Å²) in [7, 11) is 0. The second kappa shape index (κ2) is 13.2. The van der Waals surface area contributed by atoms with Crippen molar-refractivity contribution in [3.05, 3.63) is 64.2 Å². The highest BCUT2D eigenvalue weighted by Gasteiger charge is 2.44. The molecule has 45 heavy (non-hydrogen) atoms. The number of nitro benzene ring substituents is 1. The van der Waals surface area contributed by atoms with Gasteiger partial charge in [-0.25, -0.2) is 9.69 Å². The number of imide groups is 1. The van der Waals surface area contributed by atoms with Crippen LogP contribution in [-0.4, -0.2) is 93.2 Å². The zero-order chi connectivity index (χ0) is 31.5. The number of nitrogens with one attached hydrogen (secondary N) is 2. The molecule has 0 spiro atoms. The molecule has 4 amide bonds. The minimum atomic E-state index is -1.26. The summed E-state index contributed by atoms with van der Waals surface area (Å²) < 4.78 is 0. The predicted octanol–water partition coefficient (Wildman–Crippen LogP) is 3.48. The first-order chi connectivity index (χ1) is 21.8. The van der Waals surface area contributed by atoms with Crippen molar-refractivity contribution >= 4 is 52.2 Å². The SMILES string of the molecule is NC(=O)[C@H](Cc1c(Sc2ccccc2[N+](=O)[O-])[nH]c2ccccc12)N1C(=O)N[C@@H](CCN=C(N2CCCC2)N2CCCC2)C1=O. The van der Waals surface area contributed by atoms with Crippen molar-refractivity contribution in [1.82, 2.24) is 25.0 Å². The summed E-state index contributed by atoms with van der Waals surface area (Å²) in [6, 6.07) is 11.0. The van der Waals surface area contributed by atoms with E-state index in [0.717, 1.165) is 85.4 Å². The van der Waals surface area contributed by atoms with E-state index in [0.29, 0.717) is 28.5 Å². The smallest absolute Gasteiger partial charge is 0.325 e. The molecular weight excluding hydrogens is 596 g/mol. The van der Waals surface area contributed by atoms with Crippen LogP contribution in [-0.2, 0) is 16.0 Å². The Kier molecular flexibility index (Phi) is 8.92. The number of carbonyl (C=O) groups excluding carboxylic acids is 3. The van der Waals surface area contributed by atoms with Gasteiger partial charge in [-0.1, -0.05) is 42.1 Å². The fourth-order valence-corrected chi connectivity index (χ4v) is 7.44. The molecule has 3 aliphatic heterocycles. The Bertz CT molecular complexity index is 1630. The molecule has 1 aromatic heterocycles. The highest BCUT2D eigenvalue weighted by molar-refractivity contribution is 7.99. The number of aromatic nitrogens is 1. The van der Waals surface area contributed by atoms with E-state index in [9.17, 15) is 24.5 Å². The molecule has 4 N–H and O–H groups in total. The number of guanidine groups is 1. The third-order valence-corrected chi connectivity index (χ3v) is 9.70. The second-order valence-electron chi connectivity index (χ2n) is 11.5. The van der Waals surface area contributed by atoms with Gasteiger partial charge in [-0.05, 0) is 49.8 Å². The minimum absolute atomic E-state index is 0.0551. The minimum Gasteiger partial charge on any atom is -0.368 e. The zero-order valence-corrected chi connectivity index (χ0v) is 25.6. The molecule has 0 unspecified atom stereocenters. The van der Waals surface area contributed by atoms with Gasteiger partial charge in [0.15, 0.2) is 5.96 Å². The number of likely N-dealkylation sites (tertiary alicyclic amines) is 2. The number of aliphatic imine (C=N–C) groups is 1. The van der Waals surface area contributed by atoms with E-state index in [-0.39, 0.29) is 12.1 Å². The van der Waals surface area contributed by atoms with Crippen molar-refractivity contribution in [1.29, 1.82) is 0 Å². The van der Waals surface area contributed by atoms with Gasteiger partial charge in [0.1, 0.15) is 12.1 Å². The van der Waals surface area contributed by atoms with Crippen LogP contribution in [0.5, 0.6) is 0 Å². The van der Waals surface area contributed by atoms with E-state index in [1.807, 2.05) is 24.3 Å². The number of primary amides is 1. The third-order valence-electron chi connectivity index (χ3n) is 8.59. The van der Waals surface area contributed by atoms with E-state index in [1.165, 1.54) is 6.07 Å². The van der Waals surface area contributed by atoms with Gasteiger partial charge in [0.25, 0.3) is 11.6 Å². The molecule has 0 saturated carbocycles. The maximum atomic E-state index is 13.6. The number of nitro groups is 1. The Labute approximate surface area is 264 Å².